The summed E-state index contributed by atoms with van der Waals surface area (Å²) in [6.07, 6.45) is 0. The lowest BCUT2D eigenvalue weighted by Gasteiger charge is -2.15. The Balaban J connectivity index is 2.33. The SMILES string of the molecule is O=S(=O)(O)c1cc(S(=O)(=O)O)c2cc(-c3cc(S(=O)(=O)O)c4cc(S(=O)(=O)O)cc(S(=O)(=O)O)c4c3)cc(S(=O)(=O)O)c2c1. The average Bonchev–Trinajstić information content (AvgIpc) is 2.82. The molecule has 0 unspecified atom stereocenters. The molecule has 0 saturated carbocycles. The lowest BCUT2D eigenvalue weighted by atomic mass is 9.98. The van der Waals surface area contributed by atoms with Gasteiger partial charge in [-0.05, 0) is 59.7 Å². The Morgan fingerprint density at radius 2 is 0.523 bits per heavy atom. The minimum atomic E-state index is -5.47. The van der Waals surface area contributed by atoms with Gasteiger partial charge < -0.3 is 0 Å². The van der Waals surface area contributed by atoms with Crippen molar-refractivity contribution in [2.45, 2.75) is 29.4 Å². The average molecular weight is 735 g/mol. The van der Waals surface area contributed by atoms with Gasteiger partial charge in [-0.1, -0.05) is 0 Å². The smallest absolute Gasteiger partial charge is 0.282 e. The maximum atomic E-state index is 12.3. The van der Waals surface area contributed by atoms with Crippen molar-refractivity contribution < 1.29 is 77.8 Å². The molecule has 44 heavy (non-hydrogen) atoms. The Kier molecular flexibility index (Phi) is 7.81. The summed E-state index contributed by atoms with van der Waals surface area (Å²) in [5.74, 6) is 0. The van der Waals surface area contributed by atoms with Crippen LogP contribution in [-0.4, -0.2) is 77.8 Å². The molecule has 4 rings (SSSR count). The van der Waals surface area contributed by atoms with E-state index >= 15 is 0 Å². The van der Waals surface area contributed by atoms with E-state index < -0.39 is 123 Å². The number of benzene rings is 4. The Labute approximate surface area is 248 Å². The second-order valence-corrected chi connectivity index (χ2v) is 17.2. The Morgan fingerprint density at radius 1 is 0.295 bits per heavy atom. The van der Waals surface area contributed by atoms with E-state index in [0.29, 0.717) is 36.4 Å². The second kappa shape index (κ2) is 10.2. The molecule has 0 atom stereocenters. The standard InChI is InChI=1S/C20H14O18S6/c21-39(22,23)11-5-15-13(19(7-11)43(33,34)35)1-9(3-17(15)41(27,28)29)10-2-14-16(18(4-10)42(30,31)32)6-12(40(24,25)26)8-20(14)44(36,37)38/h1-8H,(H,21,22,23)(H,24,25,26)(H,27,28,29)(H,30,31,32)(H,33,34,35)(H,36,37,38). The molecule has 0 aliphatic rings. The first-order valence-corrected chi connectivity index (χ1v) is 19.3. The van der Waals surface area contributed by atoms with Gasteiger partial charge in [-0.25, -0.2) is 0 Å². The summed E-state index contributed by atoms with van der Waals surface area (Å²) in [5.41, 5.74) is -1.25. The fourth-order valence-corrected chi connectivity index (χ4v) is 8.33. The molecule has 0 aliphatic carbocycles. The van der Waals surface area contributed by atoms with Crippen molar-refractivity contribution in [3.05, 3.63) is 48.5 Å². The largest absolute Gasteiger partial charge is 0.295 e. The van der Waals surface area contributed by atoms with E-state index in [-0.39, 0.29) is 12.1 Å². The summed E-state index contributed by atoms with van der Waals surface area (Å²) in [6, 6.07) is 3.60. The summed E-state index contributed by atoms with van der Waals surface area (Å²) < 4.78 is 203. The van der Waals surface area contributed by atoms with Crippen molar-refractivity contribution in [3.63, 3.8) is 0 Å². The normalized spacial score (nSPS) is 13.9. The first-order chi connectivity index (χ1) is 19.6. The monoisotopic (exact) mass is 734 g/mol. The minimum Gasteiger partial charge on any atom is -0.282 e. The van der Waals surface area contributed by atoms with Gasteiger partial charge in [0.25, 0.3) is 60.7 Å². The first kappa shape index (κ1) is 33.7. The van der Waals surface area contributed by atoms with Crippen LogP contribution in [0.2, 0.25) is 0 Å². The lowest BCUT2D eigenvalue weighted by molar-refractivity contribution is 0.477. The van der Waals surface area contributed by atoms with Gasteiger partial charge in [0.1, 0.15) is 19.6 Å². The third kappa shape index (κ3) is 6.46. The van der Waals surface area contributed by atoms with Crippen molar-refractivity contribution in [3.8, 4) is 11.1 Å². The summed E-state index contributed by atoms with van der Waals surface area (Å²) in [7, 11) is -32.4. The Morgan fingerprint density at radius 3 is 0.750 bits per heavy atom. The molecular weight excluding hydrogens is 721 g/mol. The number of fused-ring (bicyclic) bond motifs is 2. The molecule has 4 aromatic rings. The van der Waals surface area contributed by atoms with Gasteiger partial charge in [0.2, 0.25) is 0 Å². The molecular formula is C20H14O18S6. The topological polar surface area (TPSA) is 326 Å². The van der Waals surface area contributed by atoms with E-state index in [1.165, 1.54) is 0 Å². The van der Waals surface area contributed by atoms with Crippen molar-refractivity contribution in [2.24, 2.45) is 0 Å². The third-order valence-corrected chi connectivity index (χ3v) is 11.2. The van der Waals surface area contributed by atoms with Crippen molar-refractivity contribution in [1.29, 1.82) is 0 Å². The van der Waals surface area contributed by atoms with Crippen molar-refractivity contribution in [2.75, 3.05) is 0 Å². The van der Waals surface area contributed by atoms with E-state index in [1.807, 2.05) is 0 Å². The molecule has 24 heteroatoms. The molecule has 0 bridgehead atoms. The fourth-order valence-electron chi connectivity index (χ4n) is 4.23. The maximum absolute atomic E-state index is 12.3. The van der Waals surface area contributed by atoms with E-state index in [1.54, 1.807) is 0 Å². The highest BCUT2D eigenvalue weighted by Gasteiger charge is 2.28. The lowest BCUT2D eigenvalue weighted by Crippen LogP contribution is -2.08. The molecule has 0 saturated heterocycles. The van der Waals surface area contributed by atoms with Gasteiger partial charge in [-0.15, -0.1) is 0 Å². The Hall–Kier alpha value is -3.14. The molecule has 0 heterocycles. The van der Waals surface area contributed by atoms with Gasteiger partial charge in [0, 0.05) is 21.5 Å². The van der Waals surface area contributed by atoms with Crippen molar-refractivity contribution in [1.82, 2.24) is 0 Å². The molecule has 0 aromatic heterocycles. The van der Waals surface area contributed by atoms with Crippen LogP contribution in [0.1, 0.15) is 0 Å². The van der Waals surface area contributed by atoms with Gasteiger partial charge >= 0.3 is 0 Å². The van der Waals surface area contributed by atoms with Crippen LogP contribution in [-0.2, 0) is 60.7 Å². The number of rotatable bonds is 7. The van der Waals surface area contributed by atoms with Gasteiger partial charge in [-0.2, -0.15) is 50.5 Å². The predicted octanol–water partition coefficient (Wildman–Crippen LogP) is 1.14. The molecule has 0 aliphatic heterocycles. The Bertz CT molecular complexity index is 2440. The van der Waals surface area contributed by atoms with Crippen LogP contribution < -0.4 is 0 Å². The van der Waals surface area contributed by atoms with E-state index in [2.05, 4.69) is 0 Å². The summed E-state index contributed by atoms with van der Waals surface area (Å²) in [5, 5.41) is -3.53. The molecule has 0 amide bonds. The molecule has 238 valence electrons. The third-order valence-electron chi connectivity index (χ3n) is 5.98. The van der Waals surface area contributed by atoms with E-state index in [0.717, 1.165) is 0 Å². The quantitative estimate of drug-likeness (QED) is 0.145. The number of hydrogen-bond acceptors (Lipinski definition) is 12. The van der Waals surface area contributed by atoms with Gasteiger partial charge in [0.05, 0.1) is 9.79 Å². The van der Waals surface area contributed by atoms with Crippen LogP contribution in [0, 0.1) is 0 Å². The van der Waals surface area contributed by atoms with Crippen LogP contribution in [0.25, 0.3) is 32.7 Å². The zero-order chi connectivity index (χ0) is 33.6. The van der Waals surface area contributed by atoms with Crippen LogP contribution in [0.3, 0.4) is 0 Å². The predicted molar refractivity (Wildman–Crippen MR) is 146 cm³/mol. The molecule has 6 N–H and O–H groups in total. The number of hydrogen-bond donors (Lipinski definition) is 6. The molecule has 0 radical (unpaired) electrons. The zero-order valence-corrected chi connectivity index (χ0v) is 25.5. The van der Waals surface area contributed by atoms with Crippen LogP contribution in [0.4, 0.5) is 0 Å². The molecule has 0 spiro atoms. The van der Waals surface area contributed by atoms with Crippen LogP contribution in [0.15, 0.2) is 77.9 Å². The van der Waals surface area contributed by atoms with E-state index in [9.17, 15) is 77.8 Å². The molecule has 18 nitrogen and oxygen atoms in total. The second-order valence-electron chi connectivity index (χ2n) is 8.83. The zero-order valence-electron chi connectivity index (χ0n) is 20.7. The summed E-state index contributed by atoms with van der Waals surface area (Å²) in [6.45, 7) is 0. The van der Waals surface area contributed by atoms with Crippen LogP contribution in [0.5, 0.6) is 0 Å². The highest BCUT2D eigenvalue weighted by Crippen LogP contribution is 2.40. The van der Waals surface area contributed by atoms with Crippen molar-refractivity contribution >= 4 is 82.3 Å². The fraction of sp³-hybridized carbons (Fsp3) is 0. The van der Waals surface area contributed by atoms with E-state index in [4.69, 9.17) is 0 Å². The first-order valence-electron chi connectivity index (χ1n) is 10.7. The molecule has 0 fully saturated rings. The van der Waals surface area contributed by atoms with Crippen LogP contribution >= 0.6 is 0 Å². The molecule has 4 aromatic carbocycles. The highest BCUT2D eigenvalue weighted by molar-refractivity contribution is 7.88. The highest BCUT2D eigenvalue weighted by atomic mass is 32.2. The van der Waals surface area contributed by atoms with Gasteiger partial charge in [-0.3, -0.25) is 27.3 Å². The summed E-state index contributed by atoms with van der Waals surface area (Å²) >= 11 is 0. The van der Waals surface area contributed by atoms with Gasteiger partial charge in [0.15, 0.2) is 0 Å². The summed E-state index contributed by atoms with van der Waals surface area (Å²) in [4.78, 5) is -7.76. The maximum Gasteiger partial charge on any atom is 0.295 e. The minimum absolute atomic E-state index is 0.210.